The van der Waals surface area contributed by atoms with Crippen LogP contribution in [0.1, 0.15) is 22.8 Å². The summed E-state index contributed by atoms with van der Waals surface area (Å²) >= 11 is 0. The molecule has 0 radical (unpaired) electrons. The maximum Gasteiger partial charge on any atom is 0.248 e. The molecule has 0 unspecified atom stereocenters. The number of fused-ring (bicyclic) bond motifs is 1. The van der Waals surface area contributed by atoms with E-state index in [1.54, 1.807) is 17.0 Å². The Hall–Kier alpha value is -3.35. The number of para-hydroxylation sites is 1. The van der Waals surface area contributed by atoms with Gasteiger partial charge in [0.2, 0.25) is 17.7 Å². The summed E-state index contributed by atoms with van der Waals surface area (Å²) in [7, 11) is 0. The van der Waals surface area contributed by atoms with Crippen LogP contribution in [-0.2, 0) is 16.0 Å². The van der Waals surface area contributed by atoms with Gasteiger partial charge < -0.3 is 15.5 Å². The molecule has 29 heavy (non-hydrogen) atoms. The number of primary amides is 1. The minimum atomic E-state index is -0.466. The summed E-state index contributed by atoms with van der Waals surface area (Å²) in [6, 6.07) is 14.4. The predicted octanol–water partition coefficient (Wildman–Crippen LogP) is 1.41. The quantitative estimate of drug-likeness (QED) is 0.856. The van der Waals surface area contributed by atoms with Crippen molar-refractivity contribution < 1.29 is 14.4 Å². The Morgan fingerprint density at radius 2 is 1.59 bits per heavy atom. The Morgan fingerprint density at radius 1 is 0.931 bits per heavy atom. The zero-order valence-electron chi connectivity index (χ0n) is 16.4. The maximum absolute atomic E-state index is 13.2. The third-order valence-electron chi connectivity index (χ3n) is 5.71. The van der Waals surface area contributed by atoms with Crippen LogP contribution in [-0.4, -0.2) is 54.8 Å². The zero-order valence-corrected chi connectivity index (χ0v) is 16.4. The summed E-state index contributed by atoms with van der Waals surface area (Å²) in [6.45, 7) is 4.09. The van der Waals surface area contributed by atoms with E-state index in [1.165, 1.54) is 6.92 Å². The number of benzene rings is 2. The Kier molecular flexibility index (Phi) is 4.96. The van der Waals surface area contributed by atoms with Crippen molar-refractivity contribution in [1.82, 2.24) is 4.90 Å². The standard InChI is InChI=1S/C22H24N4O3/c1-15(27)26-19-5-3-2-4-17(19)14-20(26)22(29)25-12-10-24(11-13-25)18-8-6-16(7-9-18)21(23)28/h2-9,20H,10-14H2,1H3,(H2,23,28)/t20-/m0/s1. The highest BCUT2D eigenvalue weighted by Gasteiger charge is 2.39. The number of carbonyl (C=O) groups excluding carboxylic acids is 3. The number of rotatable bonds is 3. The van der Waals surface area contributed by atoms with E-state index in [0.717, 1.165) is 16.9 Å². The van der Waals surface area contributed by atoms with Crippen molar-refractivity contribution in [2.24, 2.45) is 5.73 Å². The Labute approximate surface area is 169 Å². The molecule has 3 amide bonds. The van der Waals surface area contributed by atoms with Gasteiger partial charge >= 0.3 is 0 Å². The van der Waals surface area contributed by atoms with E-state index in [1.807, 2.05) is 41.3 Å². The number of anilines is 2. The molecule has 1 atom stereocenters. The largest absolute Gasteiger partial charge is 0.368 e. The topological polar surface area (TPSA) is 87.0 Å². The zero-order chi connectivity index (χ0) is 20.5. The summed E-state index contributed by atoms with van der Waals surface area (Å²) < 4.78 is 0. The van der Waals surface area contributed by atoms with Crippen molar-refractivity contribution >= 4 is 29.1 Å². The lowest BCUT2D eigenvalue weighted by Gasteiger charge is -2.38. The number of hydrogen-bond acceptors (Lipinski definition) is 4. The molecule has 1 saturated heterocycles. The second-order valence-corrected chi connectivity index (χ2v) is 7.46. The number of carbonyl (C=O) groups is 3. The molecule has 1 fully saturated rings. The summed E-state index contributed by atoms with van der Waals surface area (Å²) in [6.07, 6.45) is 0.559. The highest BCUT2D eigenvalue weighted by Crippen LogP contribution is 2.33. The smallest absolute Gasteiger partial charge is 0.248 e. The minimum absolute atomic E-state index is 0.000117. The highest BCUT2D eigenvalue weighted by molar-refractivity contribution is 6.02. The van der Waals surface area contributed by atoms with Crippen LogP contribution >= 0.6 is 0 Å². The van der Waals surface area contributed by atoms with Crippen molar-refractivity contribution in [3.05, 3.63) is 59.7 Å². The van der Waals surface area contributed by atoms with Crippen LogP contribution in [0.5, 0.6) is 0 Å². The Bertz CT molecular complexity index is 949. The van der Waals surface area contributed by atoms with Gasteiger partial charge in [0, 0.05) is 56.5 Å². The number of nitrogens with zero attached hydrogens (tertiary/aromatic N) is 3. The third kappa shape index (κ3) is 3.55. The first-order valence-corrected chi connectivity index (χ1v) is 9.77. The molecule has 0 bridgehead atoms. The summed E-state index contributed by atoms with van der Waals surface area (Å²) in [5.41, 5.74) is 8.65. The van der Waals surface area contributed by atoms with Crippen molar-refractivity contribution in [2.45, 2.75) is 19.4 Å². The molecule has 2 N–H and O–H groups in total. The first-order valence-electron chi connectivity index (χ1n) is 9.77. The molecule has 7 heteroatoms. The molecule has 150 valence electrons. The van der Waals surface area contributed by atoms with Crippen LogP contribution < -0.4 is 15.5 Å². The molecule has 4 rings (SSSR count). The fourth-order valence-electron chi connectivity index (χ4n) is 4.21. The molecule has 0 saturated carbocycles. The van der Waals surface area contributed by atoms with E-state index >= 15 is 0 Å². The summed E-state index contributed by atoms with van der Waals surface area (Å²) in [5.74, 6) is -0.554. The van der Waals surface area contributed by atoms with Crippen molar-refractivity contribution in [1.29, 1.82) is 0 Å². The van der Waals surface area contributed by atoms with Gasteiger partial charge in [-0.2, -0.15) is 0 Å². The first-order chi connectivity index (χ1) is 14.0. The molecule has 2 aromatic rings. The average Bonchev–Trinajstić information content (AvgIpc) is 3.13. The van der Waals surface area contributed by atoms with Gasteiger partial charge in [0.15, 0.2) is 0 Å². The molecule has 2 aromatic carbocycles. The molecular weight excluding hydrogens is 368 g/mol. The highest BCUT2D eigenvalue weighted by atomic mass is 16.2. The third-order valence-corrected chi connectivity index (χ3v) is 5.71. The summed E-state index contributed by atoms with van der Waals surface area (Å²) in [5, 5.41) is 0. The fourth-order valence-corrected chi connectivity index (χ4v) is 4.21. The van der Waals surface area contributed by atoms with Crippen LogP contribution in [0.25, 0.3) is 0 Å². The lowest BCUT2D eigenvalue weighted by atomic mass is 10.1. The molecule has 0 spiro atoms. The van der Waals surface area contributed by atoms with Crippen LogP contribution in [0.4, 0.5) is 11.4 Å². The number of nitrogens with two attached hydrogens (primary N) is 1. The monoisotopic (exact) mass is 392 g/mol. The molecule has 0 aromatic heterocycles. The Balaban J connectivity index is 1.43. The van der Waals surface area contributed by atoms with Gasteiger partial charge in [-0.05, 0) is 35.9 Å². The van der Waals surface area contributed by atoms with Gasteiger partial charge in [-0.3, -0.25) is 19.3 Å². The lowest BCUT2D eigenvalue weighted by Crippen LogP contribution is -2.55. The second-order valence-electron chi connectivity index (χ2n) is 7.46. The second kappa shape index (κ2) is 7.58. The normalized spacial score (nSPS) is 18.5. The van der Waals surface area contributed by atoms with E-state index in [9.17, 15) is 14.4 Å². The van der Waals surface area contributed by atoms with Crippen LogP contribution in [0.3, 0.4) is 0 Å². The Morgan fingerprint density at radius 3 is 2.21 bits per heavy atom. The van der Waals surface area contributed by atoms with Crippen molar-refractivity contribution in [3.8, 4) is 0 Å². The van der Waals surface area contributed by atoms with Gasteiger partial charge in [0.1, 0.15) is 6.04 Å². The van der Waals surface area contributed by atoms with Crippen molar-refractivity contribution in [3.63, 3.8) is 0 Å². The molecule has 2 aliphatic rings. The van der Waals surface area contributed by atoms with Gasteiger partial charge in [0.25, 0.3) is 0 Å². The lowest BCUT2D eigenvalue weighted by molar-refractivity contribution is -0.134. The maximum atomic E-state index is 13.2. The van der Waals surface area contributed by atoms with Crippen LogP contribution in [0, 0.1) is 0 Å². The van der Waals surface area contributed by atoms with Gasteiger partial charge in [0.05, 0.1) is 0 Å². The molecule has 2 aliphatic heterocycles. The number of amides is 3. The van der Waals surface area contributed by atoms with E-state index < -0.39 is 11.9 Å². The van der Waals surface area contributed by atoms with Gasteiger partial charge in [-0.25, -0.2) is 0 Å². The predicted molar refractivity (Wildman–Crippen MR) is 111 cm³/mol. The molecule has 7 nitrogen and oxygen atoms in total. The molecular formula is C22H24N4O3. The molecule has 2 heterocycles. The number of piperazine rings is 1. The van der Waals surface area contributed by atoms with Crippen LogP contribution in [0.2, 0.25) is 0 Å². The van der Waals surface area contributed by atoms with Gasteiger partial charge in [-0.15, -0.1) is 0 Å². The number of hydrogen-bond donors (Lipinski definition) is 1. The first kappa shape index (κ1) is 19.0. The van der Waals surface area contributed by atoms with Crippen molar-refractivity contribution in [2.75, 3.05) is 36.0 Å². The minimum Gasteiger partial charge on any atom is -0.368 e. The summed E-state index contributed by atoms with van der Waals surface area (Å²) in [4.78, 5) is 42.3. The van der Waals surface area contributed by atoms with E-state index in [-0.39, 0.29) is 11.8 Å². The van der Waals surface area contributed by atoms with Crippen LogP contribution in [0.15, 0.2) is 48.5 Å². The van der Waals surface area contributed by atoms with E-state index in [4.69, 9.17) is 5.73 Å². The van der Waals surface area contributed by atoms with E-state index in [0.29, 0.717) is 38.2 Å². The SMILES string of the molecule is CC(=O)N1c2ccccc2C[C@H]1C(=O)N1CCN(c2ccc(C(N)=O)cc2)CC1. The average molecular weight is 392 g/mol. The molecule has 0 aliphatic carbocycles. The van der Waals surface area contributed by atoms with Gasteiger partial charge in [-0.1, -0.05) is 18.2 Å². The fraction of sp³-hybridized carbons (Fsp3) is 0.318. The van der Waals surface area contributed by atoms with E-state index in [2.05, 4.69) is 4.90 Å².